The van der Waals surface area contributed by atoms with E-state index in [4.69, 9.17) is 0 Å². The fourth-order valence-electron chi connectivity index (χ4n) is 4.08. The molecule has 1 fully saturated rings. The first-order chi connectivity index (χ1) is 14.5. The number of nitrogens with one attached hydrogen (secondary N) is 2. The van der Waals surface area contributed by atoms with E-state index in [1.54, 1.807) is 22.9 Å². The van der Waals surface area contributed by atoms with Gasteiger partial charge in [-0.2, -0.15) is 10.2 Å². The zero-order chi connectivity index (χ0) is 21.1. The van der Waals surface area contributed by atoms with Gasteiger partial charge in [0.05, 0.1) is 17.4 Å². The van der Waals surface area contributed by atoms with Gasteiger partial charge in [-0.3, -0.25) is 19.5 Å². The largest absolute Gasteiger partial charge is 0.349 e. The topological polar surface area (TPSA) is 78.8 Å². The second-order valence-corrected chi connectivity index (χ2v) is 7.84. The molecule has 0 spiro atoms. The van der Waals surface area contributed by atoms with Gasteiger partial charge < -0.3 is 5.32 Å². The molecule has 3 aromatic rings. The fraction of sp³-hybridized carbons (Fsp3) is 0.409. The molecule has 1 amide bonds. The van der Waals surface area contributed by atoms with Gasteiger partial charge in [0, 0.05) is 25.4 Å². The molecule has 1 aliphatic rings. The number of rotatable bonds is 6. The van der Waals surface area contributed by atoms with Gasteiger partial charge in [-0.1, -0.05) is 18.6 Å². The van der Waals surface area contributed by atoms with Gasteiger partial charge in [-0.25, -0.2) is 4.39 Å². The zero-order valence-corrected chi connectivity index (χ0v) is 17.4. The van der Waals surface area contributed by atoms with E-state index in [9.17, 15) is 9.18 Å². The lowest BCUT2D eigenvalue weighted by Crippen LogP contribution is -2.40. The molecule has 0 saturated carbocycles. The molecule has 8 heteroatoms. The lowest BCUT2D eigenvalue weighted by Gasteiger charge is -2.35. The minimum atomic E-state index is -0.254. The molecule has 4 rings (SSSR count). The molecule has 1 saturated heterocycles. The molecule has 7 nitrogen and oxygen atoms in total. The first-order valence-corrected chi connectivity index (χ1v) is 10.3. The van der Waals surface area contributed by atoms with Crippen LogP contribution in [-0.4, -0.2) is 50.4 Å². The summed E-state index contributed by atoms with van der Waals surface area (Å²) >= 11 is 0. The summed E-state index contributed by atoms with van der Waals surface area (Å²) in [5.74, 6) is -0.463. The Labute approximate surface area is 175 Å². The van der Waals surface area contributed by atoms with Crippen molar-refractivity contribution in [2.24, 2.45) is 7.05 Å². The lowest BCUT2D eigenvalue weighted by molar-refractivity contribution is 0.0919. The summed E-state index contributed by atoms with van der Waals surface area (Å²) in [6.45, 7) is 4.32. The predicted molar refractivity (Wildman–Crippen MR) is 112 cm³/mol. The number of aromatic nitrogens is 4. The summed E-state index contributed by atoms with van der Waals surface area (Å²) in [6.07, 6.45) is 5.39. The number of benzene rings is 1. The van der Waals surface area contributed by atoms with Crippen molar-refractivity contribution in [3.8, 4) is 11.3 Å². The Morgan fingerprint density at radius 2 is 1.97 bits per heavy atom. The van der Waals surface area contributed by atoms with Crippen LogP contribution in [0.25, 0.3) is 11.3 Å². The molecule has 3 heterocycles. The summed E-state index contributed by atoms with van der Waals surface area (Å²) in [4.78, 5) is 15.1. The van der Waals surface area contributed by atoms with E-state index in [-0.39, 0.29) is 17.8 Å². The number of likely N-dealkylation sites (tertiary alicyclic amines) is 1. The van der Waals surface area contributed by atoms with Gasteiger partial charge in [0.1, 0.15) is 11.5 Å². The van der Waals surface area contributed by atoms with E-state index >= 15 is 0 Å². The third-order valence-corrected chi connectivity index (χ3v) is 5.65. The number of hydrogen-bond donors (Lipinski definition) is 2. The highest BCUT2D eigenvalue weighted by molar-refractivity contribution is 5.93. The number of H-pyrrole nitrogens is 1. The Balaban J connectivity index is 1.47. The molecule has 2 aromatic heterocycles. The second kappa shape index (κ2) is 8.79. The van der Waals surface area contributed by atoms with Crippen molar-refractivity contribution in [1.82, 2.24) is 30.2 Å². The molecule has 0 unspecified atom stereocenters. The number of aromatic amines is 1. The molecule has 0 bridgehead atoms. The number of nitrogens with zero attached hydrogens (tertiary/aromatic N) is 4. The standard InChI is InChI=1S/C22H27FN6O/c1-15-18(14-28(2)27-15)19-12-20(26-25-19)22(30)24-13-21(29-10-4-3-5-11-29)16-6-8-17(23)9-7-16/h6-9,12,14,21H,3-5,10-11,13H2,1-2H3,(H,24,30)(H,25,26)/t21-/m0/s1. The van der Waals surface area contributed by atoms with E-state index in [1.807, 2.05) is 20.2 Å². The third kappa shape index (κ3) is 4.43. The van der Waals surface area contributed by atoms with Crippen molar-refractivity contribution in [3.05, 3.63) is 59.3 Å². The second-order valence-electron chi connectivity index (χ2n) is 7.84. The summed E-state index contributed by atoms with van der Waals surface area (Å²) < 4.78 is 15.1. The molecule has 1 atom stereocenters. The van der Waals surface area contributed by atoms with Crippen molar-refractivity contribution < 1.29 is 9.18 Å². The van der Waals surface area contributed by atoms with E-state index in [0.29, 0.717) is 17.9 Å². The normalized spacial score (nSPS) is 15.8. The van der Waals surface area contributed by atoms with Crippen LogP contribution in [0.15, 0.2) is 36.5 Å². The fourth-order valence-corrected chi connectivity index (χ4v) is 4.08. The van der Waals surface area contributed by atoms with Gasteiger partial charge in [0.2, 0.25) is 0 Å². The van der Waals surface area contributed by atoms with Gasteiger partial charge in [-0.05, 0) is 56.6 Å². The van der Waals surface area contributed by atoms with Crippen LogP contribution in [-0.2, 0) is 7.05 Å². The quantitative estimate of drug-likeness (QED) is 0.654. The molecule has 2 N–H and O–H groups in total. The maximum absolute atomic E-state index is 13.4. The minimum Gasteiger partial charge on any atom is -0.349 e. The zero-order valence-electron chi connectivity index (χ0n) is 17.4. The SMILES string of the molecule is Cc1nn(C)cc1-c1cc(C(=O)NC[C@@H](c2ccc(F)cc2)N2CCCCC2)[nH]n1. The van der Waals surface area contributed by atoms with Crippen molar-refractivity contribution >= 4 is 5.91 Å². The molecule has 158 valence electrons. The molecule has 0 aliphatic carbocycles. The van der Waals surface area contributed by atoms with Gasteiger partial charge in [0.25, 0.3) is 5.91 Å². The van der Waals surface area contributed by atoms with Crippen LogP contribution in [0.3, 0.4) is 0 Å². The number of carbonyl (C=O) groups is 1. The highest BCUT2D eigenvalue weighted by atomic mass is 19.1. The van der Waals surface area contributed by atoms with E-state index in [1.165, 1.54) is 18.6 Å². The van der Waals surface area contributed by atoms with Crippen molar-refractivity contribution in [2.45, 2.75) is 32.2 Å². The highest BCUT2D eigenvalue weighted by Gasteiger charge is 2.23. The molecule has 1 aliphatic heterocycles. The highest BCUT2D eigenvalue weighted by Crippen LogP contribution is 2.25. The minimum absolute atomic E-state index is 0.0119. The molecule has 1 aromatic carbocycles. The Morgan fingerprint density at radius 1 is 1.23 bits per heavy atom. The maximum Gasteiger partial charge on any atom is 0.269 e. The van der Waals surface area contributed by atoms with Crippen LogP contribution in [0.2, 0.25) is 0 Å². The van der Waals surface area contributed by atoms with Gasteiger partial charge in [-0.15, -0.1) is 0 Å². The molecule has 30 heavy (non-hydrogen) atoms. The Morgan fingerprint density at radius 3 is 2.63 bits per heavy atom. The van der Waals surface area contributed by atoms with Crippen LogP contribution in [0.4, 0.5) is 4.39 Å². The van der Waals surface area contributed by atoms with Crippen molar-refractivity contribution in [3.63, 3.8) is 0 Å². The van der Waals surface area contributed by atoms with Crippen LogP contribution >= 0.6 is 0 Å². The Hall–Kier alpha value is -3.00. The lowest BCUT2D eigenvalue weighted by atomic mass is 10.0. The number of hydrogen-bond acceptors (Lipinski definition) is 4. The van der Waals surface area contributed by atoms with Crippen LogP contribution < -0.4 is 5.32 Å². The van der Waals surface area contributed by atoms with E-state index in [0.717, 1.165) is 42.8 Å². The van der Waals surface area contributed by atoms with Crippen molar-refractivity contribution in [2.75, 3.05) is 19.6 Å². The summed E-state index contributed by atoms with van der Waals surface area (Å²) in [5, 5.41) is 14.5. The maximum atomic E-state index is 13.4. The number of piperidine rings is 1. The third-order valence-electron chi connectivity index (χ3n) is 5.65. The monoisotopic (exact) mass is 410 g/mol. The van der Waals surface area contributed by atoms with Gasteiger partial charge in [0.15, 0.2) is 0 Å². The first kappa shape index (κ1) is 20.3. The average Bonchev–Trinajstić information content (AvgIpc) is 3.36. The van der Waals surface area contributed by atoms with Gasteiger partial charge >= 0.3 is 0 Å². The number of halogens is 1. The smallest absolute Gasteiger partial charge is 0.269 e. The van der Waals surface area contributed by atoms with Crippen LogP contribution in [0.5, 0.6) is 0 Å². The van der Waals surface area contributed by atoms with Crippen molar-refractivity contribution in [1.29, 1.82) is 0 Å². The average molecular weight is 410 g/mol. The van der Waals surface area contributed by atoms with E-state index in [2.05, 4.69) is 25.5 Å². The summed E-state index contributed by atoms with van der Waals surface area (Å²) in [5.41, 5.74) is 3.86. The number of aryl methyl sites for hydroxylation is 2. The predicted octanol–water partition coefficient (Wildman–Crippen LogP) is 3.21. The number of amides is 1. The van der Waals surface area contributed by atoms with Crippen LogP contribution in [0.1, 0.15) is 47.1 Å². The Bertz CT molecular complexity index is 1000. The van der Waals surface area contributed by atoms with E-state index < -0.39 is 0 Å². The number of carbonyl (C=O) groups excluding carboxylic acids is 1. The molecular formula is C22H27FN6O. The summed E-state index contributed by atoms with van der Waals surface area (Å²) in [6, 6.07) is 8.32. The Kier molecular flexibility index (Phi) is 5.94. The van der Waals surface area contributed by atoms with Crippen LogP contribution in [0, 0.1) is 12.7 Å². The molecular weight excluding hydrogens is 383 g/mol. The first-order valence-electron chi connectivity index (χ1n) is 10.3. The molecule has 0 radical (unpaired) electrons. The summed E-state index contributed by atoms with van der Waals surface area (Å²) in [7, 11) is 1.85.